The molecule has 2 aromatic rings. The van der Waals surface area contributed by atoms with Gasteiger partial charge in [-0.05, 0) is 37.5 Å². The maximum Gasteiger partial charge on any atom is 0.249 e. The number of sulfone groups is 1. The van der Waals surface area contributed by atoms with Crippen LogP contribution in [-0.4, -0.2) is 48.2 Å². The van der Waals surface area contributed by atoms with E-state index in [1.807, 2.05) is 37.9 Å². The van der Waals surface area contributed by atoms with Crippen molar-refractivity contribution >= 4 is 38.9 Å². The van der Waals surface area contributed by atoms with Crippen LogP contribution in [0.25, 0.3) is 0 Å². The number of nitrogens with one attached hydrogen (secondary N) is 1. The minimum absolute atomic E-state index is 0.0979. The lowest BCUT2D eigenvalue weighted by Crippen LogP contribution is -2.33. The van der Waals surface area contributed by atoms with Crippen molar-refractivity contribution in [1.82, 2.24) is 15.2 Å². The first-order chi connectivity index (χ1) is 11.7. The van der Waals surface area contributed by atoms with Gasteiger partial charge in [-0.25, -0.2) is 8.42 Å². The third-order valence-corrected chi connectivity index (χ3v) is 6.38. The van der Waals surface area contributed by atoms with Crippen LogP contribution in [0.5, 0.6) is 0 Å². The quantitative estimate of drug-likeness (QED) is 0.870. The first kappa shape index (κ1) is 17.9. The summed E-state index contributed by atoms with van der Waals surface area (Å²) >= 11 is 6.31. The molecule has 1 N–H and O–H groups in total. The molecule has 2 heterocycles. The summed E-state index contributed by atoms with van der Waals surface area (Å²) in [6.07, 6.45) is 2.12. The van der Waals surface area contributed by atoms with Gasteiger partial charge in [0.1, 0.15) is 0 Å². The van der Waals surface area contributed by atoms with Gasteiger partial charge in [-0.1, -0.05) is 17.7 Å². The molecule has 1 aliphatic rings. The van der Waals surface area contributed by atoms with Crippen molar-refractivity contribution in [1.29, 1.82) is 0 Å². The lowest BCUT2D eigenvalue weighted by Gasteiger charge is -2.24. The molecule has 25 heavy (non-hydrogen) atoms. The summed E-state index contributed by atoms with van der Waals surface area (Å²) in [5.41, 5.74) is 2.79. The van der Waals surface area contributed by atoms with Gasteiger partial charge in [0.15, 0.2) is 15.7 Å². The minimum atomic E-state index is -2.96. The van der Waals surface area contributed by atoms with Crippen LogP contribution in [0.15, 0.2) is 18.3 Å². The van der Waals surface area contributed by atoms with Crippen LogP contribution in [0.4, 0.5) is 17.5 Å². The molecule has 0 radical (unpaired) electrons. The number of hydrogen-bond donors (Lipinski definition) is 1. The van der Waals surface area contributed by atoms with Crippen molar-refractivity contribution in [3.05, 3.63) is 34.5 Å². The lowest BCUT2D eigenvalue weighted by molar-refractivity contribution is 0.600. The SMILES string of the molecule is Cc1cc(C)c(Nc2nncc(N(C)C3CCS(=O)(=O)C3)n2)c(Cl)c1. The molecule has 0 bridgehead atoms. The van der Waals surface area contributed by atoms with E-state index in [9.17, 15) is 8.42 Å². The predicted molar refractivity (Wildman–Crippen MR) is 99.5 cm³/mol. The maximum atomic E-state index is 11.7. The molecule has 1 fully saturated rings. The van der Waals surface area contributed by atoms with Gasteiger partial charge in [-0.15, -0.1) is 5.10 Å². The summed E-state index contributed by atoms with van der Waals surface area (Å²) in [5, 5.41) is 11.7. The van der Waals surface area contributed by atoms with Crippen LogP contribution in [-0.2, 0) is 9.84 Å². The van der Waals surface area contributed by atoms with E-state index >= 15 is 0 Å². The van der Waals surface area contributed by atoms with E-state index in [4.69, 9.17) is 11.6 Å². The van der Waals surface area contributed by atoms with E-state index in [0.717, 1.165) is 16.8 Å². The Kier molecular flexibility index (Phi) is 4.83. The fourth-order valence-electron chi connectivity index (χ4n) is 2.97. The van der Waals surface area contributed by atoms with Gasteiger partial charge >= 0.3 is 0 Å². The highest BCUT2D eigenvalue weighted by Gasteiger charge is 2.31. The Balaban J connectivity index is 1.83. The van der Waals surface area contributed by atoms with Crippen LogP contribution >= 0.6 is 11.6 Å². The second-order valence-electron chi connectivity index (χ2n) is 6.37. The van der Waals surface area contributed by atoms with Gasteiger partial charge < -0.3 is 10.2 Å². The zero-order valence-electron chi connectivity index (χ0n) is 14.3. The zero-order chi connectivity index (χ0) is 18.2. The van der Waals surface area contributed by atoms with Crippen LogP contribution in [0.2, 0.25) is 5.02 Å². The Labute approximate surface area is 152 Å². The summed E-state index contributed by atoms with van der Waals surface area (Å²) < 4.78 is 23.4. The molecule has 9 heteroatoms. The van der Waals surface area contributed by atoms with Crippen LogP contribution in [0.3, 0.4) is 0 Å². The van der Waals surface area contributed by atoms with Gasteiger partial charge in [-0.2, -0.15) is 10.1 Å². The smallest absolute Gasteiger partial charge is 0.249 e. The first-order valence-corrected chi connectivity index (χ1v) is 10.1. The third-order valence-electron chi connectivity index (χ3n) is 4.33. The zero-order valence-corrected chi connectivity index (χ0v) is 15.9. The molecule has 134 valence electrons. The number of aryl methyl sites for hydroxylation is 2. The Morgan fingerprint density at radius 3 is 2.72 bits per heavy atom. The molecule has 1 unspecified atom stereocenters. The molecule has 7 nitrogen and oxygen atoms in total. The van der Waals surface area contributed by atoms with Crippen molar-refractivity contribution in [2.45, 2.75) is 26.3 Å². The molecule has 0 saturated carbocycles. The highest BCUT2D eigenvalue weighted by atomic mass is 35.5. The standard InChI is InChI=1S/C16H20ClN5O2S/c1-10-6-11(2)15(13(17)7-10)20-16-19-14(8-18-21-16)22(3)12-4-5-25(23,24)9-12/h6-8,12H,4-5,9H2,1-3H3,(H,19,20,21). The van der Waals surface area contributed by atoms with E-state index < -0.39 is 9.84 Å². The van der Waals surface area contributed by atoms with Crippen molar-refractivity contribution in [3.63, 3.8) is 0 Å². The van der Waals surface area contributed by atoms with Crippen molar-refractivity contribution in [2.24, 2.45) is 0 Å². The molecule has 1 saturated heterocycles. The molecule has 1 aromatic heterocycles. The number of halogens is 1. The van der Waals surface area contributed by atoms with E-state index in [0.29, 0.717) is 23.2 Å². The summed E-state index contributed by atoms with van der Waals surface area (Å²) in [6.45, 7) is 3.93. The summed E-state index contributed by atoms with van der Waals surface area (Å²) in [4.78, 5) is 6.29. The van der Waals surface area contributed by atoms with Crippen molar-refractivity contribution in [2.75, 3.05) is 28.8 Å². The molecule has 3 rings (SSSR count). The second kappa shape index (κ2) is 6.76. The van der Waals surface area contributed by atoms with Crippen molar-refractivity contribution < 1.29 is 8.42 Å². The van der Waals surface area contributed by atoms with Gasteiger partial charge in [0.2, 0.25) is 5.95 Å². The Bertz CT molecular complexity index is 880. The highest BCUT2D eigenvalue weighted by Crippen LogP contribution is 2.29. The van der Waals surface area contributed by atoms with Crippen LogP contribution in [0.1, 0.15) is 17.5 Å². The van der Waals surface area contributed by atoms with E-state index in [-0.39, 0.29) is 17.5 Å². The fourth-order valence-corrected chi connectivity index (χ4v) is 5.11. The number of aromatic nitrogens is 3. The summed E-state index contributed by atoms with van der Waals surface area (Å²) in [5.74, 6) is 1.24. The molecular weight excluding hydrogens is 362 g/mol. The van der Waals surface area contributed by atoms with Gasteiger partial charge in [0.25, 0.3) is 0 Å². The molecule has 0 aliphatic carbocycles. The largest absolute Gasteiger partial charge is 0.354 e. The van der Waals surface area contributed by atoms with E-state index in [2.05, 4.69) is 20.5 Å². The molecule has 1 aliphatic heterocycles. The Morgan fingerprint density at radius 1 is 1.32 bits per heavy atom. The second-order valence-corrected chi connectivity index (χ2v) is 9.01. The van der Waals surface area contributed by atoms with Crippen LogP contribution < -0.4 is 10.2 Å². The average molecular weight is 382 g/mol. The fraction of sp³-hybridized carbons (Fsp3) is 0.438. The van der Waals surface area contributed by atoms with Gasteiger partial charge in [0.05, 0.1) is 28.4 Å². The third kappa shape index (κ3) is 4.01. The van der Waals surface area contributed by atoms with E-state index in [1.165, 1.54) is 6.20 Å². The topological polar surface area (TPSA) is 88.1 Å². The number of anilines is 3. The average Bonchev–Trinajstić information content (AvgIpc) is 2.90. The molecule has 1 atom stereocenters. The number of rotatable bonds is 4. The normalized spacial score (nSPS) is 19.0. The number of hydrogen-bond acceptors (Lipinski definition) is 7. The van der Waals surface area contributed by atoms with E-state index in [1.54, 1.807) is 0 Å². The molecular formula is C16H20ClN5O2S. The number of benzene rings is 1. The van der Waals surface area contributed by atoms with Crippen LogP contribution in [0, 0.1) is 13.8 Å². The molecule has 1 aromatic carbocycles. The van der Waals surface area contributed by atoms with Crippen molar-refractivity contribution in [3.8, 4) is 0 Å². The monoisotopic (exact) mass is 381 g/mol. The number of nitrogens with zero attached hydrogens (tertiary/aromatic N) is 4. The first-order valence-electron chi connectivity index (χ1n) is 7.92. The molecule has 0 spiro atoms. The summed E-state index contributed by atoms with van der Waals surface area (Å²) in [7, 11) is -1.14. The Hall–Kier alpha value is -1.93. The predicted octanol–water partition coefficient (Wildman–Crippen LogP) is 2.51. The lowest BCUT2D eigenvalue weighted by atomic mass is 10.1. The minimum Gasteiger partial charge on any atom is -0.354 e. The summed E-state index contributed by atoms with van der Waals surface area (Å²) in [6, 6.07) is 3.78. The Morgan fingerprint density at radius 2 is 2.08 bits per heavy atom. The molecule has 0 amide bonds. The van der Waals surface area contributed by atoms with Gasteiger partial charge in [-0.3, -0.25) is 0 Å². The van der Waals surface area contributed by atoms with Gasteiger partial charge in [0, 0.05) is 13.1 Å². The maximum absolute atomic E-state index is 11.7. The highest BCUT2D eigenvalue weighted by molar-refractivity contribution is 7.91.